The lowest BCUT2D eigenvalue weighted by Crippen LogP contribution is -2.14. The summed E-state index contributed by atoms with van der Waals surface area (Å²) in [5.74, 6) is 0.355. The van der Waals surface area contributed by atoms with Crippen molar-refractivity contribution < 1.29 is 10.2 Å². The fraction of sp³-hybridized carbons (Fsp3) is 0.556. The fourth-order valence-electron chi connectivity index (χ4n) is 0.875. The average Bonchev–Trinajstić information content (AvgIpc) is 2.21. The molecule has 0 aliphatic heterocycles. The molecule has 0 spiro atoms. The van der Waals surface area contributed by atoms with Crippen molar-refractivity contribution in [2.45, 2.75) is 25.0 Å². The number of nitrogens with zero attached hydrogens (tertiary/aromatic N) is 2. The minimum absolute atomic E-state index is 0.261. The molecule has 1 heterocycles. The molecule has 0 aliphatic carbocycles. The first-order valence-corrected chi connectivity index (χ1v) is 5.83. The van der Waals surface area contributed by atoms with Crippen molar-refractivity contribution in [2.24, 2.45) is 0 Å². The highest BCUT2D eigenvalue weighted by Crippen LogP contribution is 2.24. The van der Waals surface area contributed by atoms with Gasteiger partial charge in [0.05, 0.1) is 24.1 Å². The van der Waals surface area contributed by atoms with Crippen LogP contribution in [0.25, 0.3) is 0 Å². The van der Waals surface area contributed by atoms with Crippen LogP contribution in [-0.2, 0) is 0 Å². The molecule has 1 unspecified atom stereocenters. The van der Waals surface area contributed by atoms with Crippen molar-refractivity contribution in [1.82, 2.24) is 9.97 Å². The van der Waals surface area contributed by atoms with Gasteiger partial charge in [-0.15, -0.1) is 11.8 Å². The van der Waals surface area contributed by atoms with Gasteiger partial charge in [-0.05, 0) is 13.8 Å². The number of aliphatic hydroxyl groups excluding tert-OH is 2. The van der Waals surface area contributed by atoms with E-state index in [1.807, 2.05) is 13.8 Å². The molecule has 1 aromatic heterocycles. The molecule has 6 heteroatoms. The van der Waals surface area contributed by atoms with Crippen LogP contribution in [0.4, 0.5) is 0 Å². The standard InChI is InChI=1S/C9H13ClN2O2S/c1-5-6(2)12-9(8(10)11-5)15-4-7(14)3-13/h7,13-14H,3-4H2,1-2H3. The van der Waals surface area contributed by atoms with E-state index in [1.165, 1.54) is 11.8 Å². The maximum absolute atomic E-state index is 9.17. The first-order valence-electron chi connectivity index (χ1n) is 4.47. The number of aryl methyl sites for hydroxylation is 2. The lowest BCUT2D eigenvalue weighted by Gasteiger charge is -2.08. The van der Waals surface area contributed by atoms with Crippen LogP contribution < -0.4 is 0 Å². The summed E-state index contributed by atoms with van der Waals surface area (Å²) >= 11 is 7.18. The Labute approximate surface area is 97.7 Å². The van der Waals surface area contributed by atoms with E-state index in [9.17, 15) is 5.11 Å². The first-order chi connectivity index (χ1) is 7.04. The van der Waals surface area contributed by atoms with Gasteiger partial charge in [0.15, 0.2) is 5.15 Å². The van der Waals surface area contributed by atoms with Gasteiger partial charge in [-0.2, -0.15) is 0 Å². The second-order valence-corrected chi connectivity index (χ2v) is 4.50. The van der Waals surface area contributed by atoms with Crippen molar-refractivity contribution in [3.63, 3.8) is 0 Å². The Bertz CT molecular complexity index is 349. The van der Waals surface area contributed by atoms with Crippen LogP contribution in [0, 0.1) is 13.8 Å². The predicted octanol–water partition coefficient (Wildman–Crippen LogP) is 1.19. The maximum Gasteiger partial charge on any atom is 0.161 e. The summed E-state index contributed by atoms with van der Waals surface area (Å²) in [5.41, 5.74) is 1.62. The van der Waals surface area contributed by atoms with Crippen LogP contribution in [0.5, 0.6) is 0 Å². The molecule has 84 valence electrons. The zero-order chi connectivity index (χ0) is 11.4. The van der Waals surface area contributed by atoms with Gasteiger partial charge in [-0.25, -0.2) is 9.97 Å². The number of halogens is 1. The molecule has 0 radical (unpaired) electrons. The van der Waals surface area contributed by atoms with Gasteiger partial charge >= 0.3 is 0 Å². The quantitative estimate of drug-likeness (QED) is 0.784. The first kappa shape index (κ1) is 12.7. The van der Waals surface area contributed by atoms with Crippen molar-refractivity contribution in [1.29, 1.82) is 0 Å². The van der Waals surface area contributed by atoms with Gasteiger partial charge in [0.1, 0.15) is 5.03 Å². The van der Waals surface area contributed by atoms with E-state index in [2.05, 4.69) is 9.97 Å². The zero-order valence-corrected chi connectivity index (χ0v) is 10.1. The van der Waals surface area contributed by atoms with Crippen LogP contribution in [0.1, 0.15) is 11.4 Å². The monoisotopic (exact) mass is 248 g/mol. The summed E-state index contributed by atoms with van der Waals surface area (Å²) in [6.45, 7) is 3.43. The minimum atomic E-state index is -0.755. The second-order valence-electron chi connectivity index (χ2n) is 3.14. The molecule has 2 N–H and O–H groups in total. The highest BCUT2D eigenvalue weighted by atomic mass is 35.5. The molecule has 1 atom stereocenters. The van der Waals surface area contributed by atoms with E-state index in [4.69, 9.17) is 16.7 Å². The van der Waals surface area contributed by atoms with Gasteiger partial charge in [-0.1, -0.05) is 11.6 Å². The number of rotatable bonds is 4. The maximum atomic E-state index is 9.17. The SMILES string of the molecule is Cc1nc(Cl)c(SCC(O)CO)nc1C. The third-order valence-corrected chi connectivity index (χ3v) is 3.34. The van der Waals surface area contributed by atoms with E-state index in [0.29, 0.717) is 15.9 Å². The number of thioether (sulfide) groups is 1. The van der Waals surface area contributed by atoms with E-state index >= 15 is 0 Å². The molecular formula is C9H13ClN2O2S. The molecule has 0 saturated carbocycles. The van der Waals surface area contributed by atoms with E-state index in [1.54, 1.807) is 0 Å². The summed E-state index contributed by atoms with van der Waals surface area (Å²) in [6.07, 6.45) is -0.755. The third-order valence-electron chi connectivity index (χ3n) is 1.86. The number of aromatic nitrogens is 2. The van der Waals surface area contributed by atoms with Crippen LogP contribution >= 0.6 is 23.4 Å². The lowest BCUT2D eigenvalue weighted by atomic mass is 10.4. The molecule has 0 aromatic carbocycles. The number of hydrogen-bond acceptors (Lipinski definition) is 5. The van der Waals surface area contributed by atoms with Crippen molar-refractivity contribution in [2.75, 3.05) is 12.4 Å². The van der Waals surface area contributed by atoms with Crippen molar-refractivity contribution in [3.8, 4) is 0 Å². The highest BCUT2D eigenvalue weighted by Gasteiger charge is 2.10. The van der Waals surface area contributed by atoms with Crippen LogP contribution in [0.3, 0.4) is 0 Å². The van der Waals surface area contributed by atoms with E-state index < -0.39 is 6.10 Å². The summed E-state index contributed by atoms with van der Waals surface area (Å²) in [5, 5.41) is 18.8. The van der Waals surface area contributed by atoms with Gasteiger partial charge < -0.3 is 10.2 Å². The molecule has 0 saturated heterocycles. The summed E-state index contributed by atoms with van der Waals surface area (Å²) < 4.78 is 0. The largest absolute Gasteiger partial charge is 0.394 e. The third kappa shape index (κ3) is 3.61. The van der Waals surface area contributed by atoms with Gasteiger partial charge in [0.25, 0.3) is 0 Å². The molecule has 0 bridgehead atoms. The molecule has 0 fully saturated rings. The Morgan fingerprint density at radius 3 is 2.53 bits per heavy atom. The van der Waals surface area contributed by atoms with E-state index in [-0.39, 0.29) is 6.61 Å². The molecule has 0 aliphatic rings. The second kappa shape index (κ2) is 5.65. The van der Waals surface area contributed by atoms with Crippen LogP contribution in [0.2, 0.25) is 5.15 Å². The Balaban J connectivity index is 2.73. The Morgan fingerprint density at radius 1 is 1.33 bits per heavy atom. The normalized spacial score (nSPS) is 12.9. The molecule has 4 nitrogen and oxygen atoms in total. The fourth-order valence-corrected chi connectivity index (χ4v) is 2.03. The zero-order valence-electron chi connectivity index (χ0n) is 8.57. The molecular weight excluding hydrogens is 236 g/mol. The molecule has 0 amide bonds. The minimum Gasteiger partial charge on any atom is -0.394 e. The lowest BCUT2D eigenvalue weighted by molar-refractivity contribution is 0.113. The van der Waals surface area contributed by atoms with Crippen LogP contribution in [0.15, 0.2) is 5.03 Å². The summed E-state index contributed by atoms with van der Waals surface area (Å²) in [6, 6.07) is 0. The highest BCUT2D eigenvalue weighted by molar-refractivity contribution is 7.99. The average molecular weight is 249 g/mol. The number of aliphatic hydroxyl groups is 2. The van der Waals surface area contributed by atoms with Gasteiger partial charge in [0.2, 0.25) is 0 Å². The van der Waals surface area contributed by atoms with Gasteiger partial charge in [0, 0.05) is 5.75 Å². The number of hydrogen-bond donors (Lipinski definition) is 2. The molecule has 1 rings (SSSR count). The Kier molecular flexibility index (Phi) is 4.79. The summed E-state index contributed by atoms with van der Waals surface area (Å²) in [7, 11) is 0. The molecule has 1 aromatic rings. The van der Waals surface area contributed by atoms with Crippen molar-refractivity contribution >= 4 is 23.4 Å². The van der Waals surface area contributed by atoms with Gasteiger partial charge in [-0.3, -0.25) is 0 Å². The van der Waals surface area contributed by atoms with Crippen molar-refractivity contribution in [3.05, 3.63) is 16.5 Å². The van der Waals surface area contributed by atoms with E-state index in [0.717, 1.165) is 11.4 Å². The topological polar surface area (TPSA) is 66.2 Å². The Morgan fingerprint density at radius 2 is 1.93 bits per heavy atom. The molecule has 15 heavy (non-hydrogen) atoms. The smallest absolute Gasteiger partial charge is 0.161 e. The Hall–Kier alpha value is -0.360. The summed E-state index contributed by atoms with van der Waals surface area (Å²) in [4.78, 5) is 8.37. The predicted molar refractivity (Wildman–Crippen MR) is 60.3 cm³/mol. The van der Waals surface area contributed by atoms with Crippen LogP contribution in [-0.4, -0.2) is 38.6 Å².